The smallest absolute Gasteiger partial charge is 0.0759 e. The number of thiophene rings is 1. The van der Waals surface area contributed by atoms with Crippen molar-refractivity contribution in [3.05, 3.63) is 51.5 Å². The van der Waals surface area contributed by atoms with Crippen LogP contribution in [0.4, 0.5) is 0 Å². The number of pyridine rings is 1. The summed E-state index contributed by atoms with van der Waals surface area (Å²) in [5, 5.41) is 5.46. The van der Waals surface area contributed by atoms with Crippen LogP contribution < -0.4 is 5.32 Å². The summed E-state index contributed by atoms with van der Waals surface area (Å²) >= 11 is 1.78. The molecule has 16 heavy (non-hydrogen) atoms. The molecule has 1 unspecified atom stereocenters. The van der Waals surface area contributed by atoms with Gasteiger partial charge in [-0.2, -0.15) is 0 Å². The van der Waals surface area contributed by atoms with E-state index in [2.05, 4.69) is 40.8 Å². The fraction of sp³-hybridized carbons (Fsp3) is 0.308. The number of aromatic nitrogens is 1. The van der Waals surface area contributed by atoms with Crippen LogP contribution in [0.2, 0.25) is 0 Å². The van der Waals surface area contributed by atoms with E-state index in [1.54, 1.807) is 11.3 Å². The summed E-state index contributed by atoms with van der Waals surface area (Å²) < 4.78 is 0. The molecule has 1 N–H and O–H groups in total. The molecule has 84 valence electrons. The van der Waals surface area contributed by atoms with Gasteiger partial charge in [0.2, 0.25) is 0 Å². The number of aryl methyl sites for hydroxylation is 2. The predicted molar refractivity (Wildman–Crippen MR) is 68.9 cm³/mol. The summed E-state index contributed by atoms with van der Waals surface area (Å²) in [5.41, 5.74) is 3.47. The predicted octanol–water partition coefficient (Wildman–Crippen LogP) is 3.07. The molecule has 0 amide bonds. The number of nitrogens with one attached hydrogen (secondary N) is 1. The summed E-state index contributed by atoms with van der Waals surface area (Å²) in [6, 6.07) is 8.53. The summed E-state index contributed by atoms with van der Waals surface area (Å²) in [4.78, 5) is 5.93. The van der Waals surface area contributed by atoms with Crippen LogP contribution in [0.25, 0.3) is 0 Å². The minimum absolute atomic E-state index is 0.200. The van der Waals surface area contributed by atoms with Crippen molar-refractivity contribution in [1.29, 1.82) is 0 Å². The van der Waals surface area contributed by atoms with E-state index in [0.717, 1.165) is 11.4 Å². The molecular formula is C13H16N2S. The van der Waals surface area contributed by atoms with Gasteiger partial charge in [-0.15, -0.1) is 11.3 Å². The van der Waals surface area contributed by atoms with Crippen LogP contribution >= 0.6 is 11.3 Å². The van der Waals surface area contributed by atoms with Crippen LogP contribution in [0.5, 0.6) is 0 Å². The highest BCUT2D eigenvalue weighted by Crippen LogP contribution is 2.26. The van der Waals surface area contributed by atoms with E-state index in [1.807, 2.05) is 20.0 Å². The molecule has 0 aliphatic carbocycles. The molecule has 2 rings (SSSR count). The average Bonchev–Trinajstić information content (AvgIpc) is 2.67. The van der Waals surface area contributed by atoms with Gasteiger partial charge in [0, 0.05) is 10.6 Å². The van der Waals surface area contributed by atoms with Crippen LogP contribution in [-0.4, -0.2) is 12.0 Å². The van der Waals surface area contributed by atoms with Crippen LogP contribution in [0.15, 0.2) is 29.6 Å². The van der Waals surface area contributed by atoms with Crippen molar-refractivity contribution in [3.63, 3.8) is 0 Å². The Labute approximate surface area is 100 Å². The van der Waals surface area contributed by atoms with Gasteiger partial charge in [0.05, 0.1) is 11.7 Å². The Kier molecular flexibility index (Phi) is 3.36. The number of hydrogen-bond donors (Lipinski definition) is 1. The molecule has 2 nitrogen and oxygen atoms in total. The van der Waals surface area contributed by atoms with Crippen molar-refractivity contribution in [2.45, 2.75) is 19.9 Å². The van der Waals surface area contributed by atoms with Gasteiger partial charge in [-0.05, 0) is 50.0 Å². The minimum Gasteiger partial charge on any atom is -0.308 e. The Morgan fingerprint density at radius 2 is 2.06 bits per heavy atom. The maximum Gasteiger partial charge on any atom is 0.0759 e. The first-order valence-electron chi connectivity index (χ1n) is 5.37. The second-order valence-corrected chi connectivity index (χ2v) is 4.98. The van der Waals surface area contributed by atoms with Crippen LogP contribution in [-0.2, 0) is 0 Å². The van der Waals surface area contributed by atoms with Gasteiger partial charge < -0.3 is 5.32 Å². The number of hydrogen-bond acceptors (Lipinski definition) is 3. The van der Waals surface area contributed by atoms with E-state index in [4.69, 9.17) is 0 Å². The lowest BCUT2D eigenvalue weighted by Gasteiger charge is -2.16. The second kappa shape index (κ2) is 4.76. The van der Waals surface area contributed by atoms with Crippen LogP contribution in [0, 0.1) is 13.8 Å². The van der Waals surface area contributed by atoms with Crippen molar-refractivity contribution in [1.82, 2.24) is 10.3 Å². The zero-order chi connectivity index (χ0) is 11.5. The lowest BCUT2D eigenvalue weighted by Crippen LogP contribution is -2.19. The first-order chi connectivity index (χ1) is 7.72. The highest BCUT2D eigenvalue weighted by atomic mass is 32.1. The normalized spacial score (nSPS) is 12.7. The van der Waals surface area contributed by atoms with Gasteiger partial charge in [-0.1, -0.05) is 6.07 Å². The molecule has 0 spiro atoms. The Hall–Kier alpha value is -1.19. The standard InChI is InChI=1S/C13H16N2S/c1-9-5-4-6-12(15-9)13(14-3)11-7-8-16-10(11)2/h4-8,13-14H,1-3H3. The van der Waals surface area contributed by atoms with Crippen molar-refractivity contribution >= 4 is 11.3 Å². The Bertz CT molecular complexity index is 476. The molecule has 2 aromatic rings. The fourth-order valence-corrected chi connectivity index (χ4v) is 2.62. The first kappa shape index (κ1) is 11.3. The van der Waals surface area contributed by atoms with Gasteiger partial charge in [0.25, 0.3) is 0 Å². The Balaban J connectivity index is 2.40. The van der Waals surface area contributed by atoms with E-state index in [1.165, 1.54) is 10.4 Å². The largest absolute Gasteiger partial charge is 0.308 e. The summed E-state index contributed by atoms with van der Waals surface area (Å²) in [5.74, 6) is 0. The summed E-state index contributed by atoms with van der Waals surface area (Å²) in [6.45, 7) is 4.18. The molecule has 2 heterocycles. The van der Waals surface area contributed by atoms with Crippen molar-refractivity contribution in [2.24, 2.45) is 0 Å². The van der Waals surface area contributed by atoms with E-state index in [-0.39, 0.29) is 6.04 Å². The summed E-state index contributed by atoms with van der Waals surface area (Å²) in [7, 11) is 1.98. The van der Waals surface area contributed by atoms with Crippen LogP contribution in [0.3, 0.4) is 0 Å². The third-order valence-electron chi connectivity index (χ3n) is 2.70. The molecule has 0 bridgehead atoms. The van der Waals surface area contributed by atoms with E-state index < -0.39 is 0 Å². The molecule has 1 atom stereocenters. The SMILES string of the molecule is CNC(c1cccc(C)n1)c1ccsc1C. The lowest BCUT2D eigenvalue weighted by molar-refractivity contribution is 0.668. The van der Waals surface area contributed by atoms with Gasteiger partial charge in [0.1, 0.15) is 0 Å². The third kappa shape index (κ3) is 2.15. The molecule has 0 aliphatic heterocycles. The maximum atomic E-state index is 4.58. The quantitative estimate of drug-likeness (QED) is 0.879. The van der Waals surface area contributed by atoms with Crippen LogP contribution in [0.1, 0.15) is 27.9 Å². The molecule has 0 aliphatic rings. The highest BCUT2D eigenvalue weighted by molar-refractivity contribution is 7.10. The van der Waals surface area contributed by atoms with Crippen molar-refractivity contribution in [2.75, 3.05) is 7.05 Å². The zero-order valence-electron chi connectivity index (χ0n) is 9.82. The fourth-order valence-electron chi connectivity index (χ4n) is 1.88. The molecule has 0 aromatic carbocycles. The molecule has 2 aromatic heterocycles. The highest BCUT2D eigenvalue weighted by Gasteiger charge is 2.15. The molecule has 0 radical (unpaired) electrons. The van der Waals surface area contributed by atoms with E-state index in [0.29, 0.717) is 0 Å². The molecule has 3 heteroatoms. The second-order valence-electron chi connectivity index (χ2n) is 3.86. The molecule has 0 fully saturated rings. The van der Waals surface area contributed by atoms with Crippen molar-refractivity contribution < 1.29 is 0 Å². The number of nitrogens with zero attached hydrogens (tertiary/aromatic N) is 1. The molecular weight excluding hydrogens is 216 g/mol. The Morgan fingerprint density at radius 1 is 1.25 bits per heavy atom. The topological polar surface area (TPSA) is 24.9 Å². The molecule has 0 saturated heterocycles. The third-order valence-corrected chi connectivity index (χ3v) is 3.57. The Morgan fingerprint density at radius 3 is 2.62 bits per heavy atom. The van der Waals surface area contributed by atoms with Gasteiger partial charge in [0.15, 0.2) is 0 Å². The molecule has 0 saturated carbocycles. The maximum absolute atomic E-state index is 4.58. The summed E-state index contributed by atoms with van der Waals surface area (Å²) in [6.07, 6.45) is 0. The van der Waals surface area contributed by atoms with E-state index >= 15 is 0 Å². The monoisotopic (exact) mass is 232 g/mol. The average molecular weight is 232 g/mol. The first-order valence-corrected chi connectivity index (χ1v) is 6.25. The lowest BCUT2D eigenvalue weighted by atomic mass is 10.0. The van der Waals surface area contributed by atoms with Gasteiger partial charge >= 0.3 is 0 Å². The van der Waals surface area contributed by atoms with E-state index in [9.17, 15) is 0 Å². The minimum atomic E-state index is 0.200. The number of rotatable bonds is 3. The van der Waals surface area contributed by atoms with Gasteiger partial charge in [-0.3, -0.25) is 4.98 Å². The van der Waals surface area contributed by atoms with Gasteiger partial charge in [-0.25, -0.2) is 0 Å². The zero-order valence-corrected chi connectivity index (χ0v) is 10.6. The van der Waals surface area contributed by atoms with Crippen molar-refractivity contribution in [3.8, 4) is 0 Å².